The van der Waals surface area contributed by atoms with Gasteiger partial charge in [-0.05, 0) is 26.0 Å². The Morgan fingerprint density at radius 1 is 1.47 bits per heavy atom. The van der Waals surface area contributed by atoms with Crippen molar-refractivity contribution in [3.8, 4) is 0 Å². The van der Waals surface area contributed by atoms with Gasteiger partial charge in [-0.25, -0.2) is 4.79 Å². The number of rotatable bonds is 2. The number of ether oxygens (including phenoxy) is 3. The van der Waals surface area contributed by atoms with E-state index in [1.54, 1.807) is 18.3 Å². The third-order valence-electron chi connectivity index (χ3n) is 2.40. The quantitative estimate of drug-likeness (QED) is 0.727. The van der Waals surface area contributed by atoms with Crippen molar-refractivity contribution in [3.63, 3.8) is 0 Å². The number of carbonyl (C=O) groups is 1. The van der Waals surface area contributed by atoms with Gasteiger partial charge in [0.1, 0.15) is 6.10 Å². The molecular weight excluding hydrogens is 222 g/mol. The van der Waals surface area contributed by atoms with Gasteiger partial charge in [-0.15, -0.1) is 0 Å². The number of esters is 1. The van der Waals surface area contributed by atoms with Crippen LogP contribution in [0.15, 0.2) is 24.5 Å². The fourth-order valence-corrected chi connectivity index (χ4v) is 1.45. The summed E-state index contributed by atoms with van der Waals surface area (Å²) in [4.78, 5) is 15.6. The highest BCUT2D eigenvalue weighted by Crippen LogP contribution is 2.19. The number of hydrogen-bond acceptors (Lipinski definition) is 5. The maximum absolute atomic E-state index is 11.7. The molecule has 0 saturated carbocycles. The Hall–Kier alpha value is -1.46. The van der Waals surface area contributed by atoms with Crippen molar-refractivity contribution in [2.45, 2.75) is 25.7 Å². The highest BCUT2D eigenvalue weighted by Gasteiger charge is 2.30. The predicted molar refractivity (Wildman–Crippen MR) is 59.4 cm³/mol. The Balaban J connectivity index is 1.89. The molecule has 0 bridgehead atoms. The summed E-state index contributed by atoms with van der Waals surface area (Å²) in [6, 6.07) is 3.34. The van der Waals surface area contributed by atoms with Crippen LogP contribution in [0.2, 0.25) is 0 Å². The second-order valence-electron chi connectivity index (χ2n) is 4.29. The molecule has 1 aromatic rings. The van der Waals surface area contributed by atoms with Crippen molar-refractivity contribution in [2.75, 3.05) is 13.2 Å². The van der Waals surface area contributed by atoms with Crippen LogP contribution in [0.1, 0.15) is 24.2 Å². The average molecular weight is 237 g/mol. The Bertz CT molecular complexity index is 381. The first-order valence-corrected chi connectivity index (χ1v) is 5.46. The molecule has 0 N–H and O–H groups in total. The molecule has 0 amide bonds. The van der Waals surface area contributed by atoms with Crippen molar-refractivity contribution in [3.05, 3.63) is 30.1 Å². The van der Waals surface area contributed by atoms with E-state index in [0.29, 0.717) is 18.8 Å². The molecule has 0 spiro atoms. The molecule has 1 aromatic heterocycles. The summed E-state index contributed by atoms with van der Waals surface area (Å²) in [6.45, 7) is 4.34. The minimum absolute atomic E-state index is 0.346. The Morgan fingerprint density at radius 3 is 2.76 bits per heavy atom. The van der Waals surface area contributed by atoms with E-state index in [9.17, 15) is 4.79 Å². The minimum Gasteiger partial charge on any atom is -0.454 e. The maximum Gasteiger partial charge on any atom is 0.340 e. The van der Waals surface area contributed by atoms with E-state index in [4.69, 9.17) is 14.2 Å². The van der Waals surface area contributed by atoms with E-state index in [0.717, 1.165) is 0 Å². The van der Waals surface area contributed by atoms with Gasteiger partial charge in [0.2, 0.25) is 0 Å². The van der Waals surface area contributed by atoms with Gasteiger partial charge in [0, 0.05) is 12.4 Å². The summed E-state index contributed by atoms with van der Waals surface area (Å²) in [6.07, 6.45) is 2.71. The molecule has 5 heteroatoms. The van der Waals surface area contributed by atoms with E-state index in [1.165, 1.54) is 6.20 Å². The lowest BCUT2D eigenvalue weighted by molar-refractivity contribution is -0.272. The van der Waals surface area contributed by atoms with Crippen molar-refractivity contribution < 1.29 is 19.0 Å². The standard InChI is InChI=1S/C12H15NO4/c1-12(2)15-7-10(8-16-12)17-11(14)9-4-3-5-13-6-9/h3-6,10H,7-8H2,1-2H3. The van der Waals surface area contributed by atoms with Gasteiger partial charge < -0.3 is 14.2 Å². The molecule has 0 unspecified atom stereocenters. The van der Waals surface area contributed by atoms with Gasteiger partial charge in [-0.2, -0.15) is 0 Å². The molecule has 1 fully saturated rings. The second-order valence-corrected chi connectivity index (χ2v) is 4.29. The van der Waals surface area contributed by atoms with Crippen LogP contribution >= 0.6 is 0 Å². The predicted octanol–water partition coefficient (Wildman–Crippen LogP) is 1.39. The molecule has 1 aliphatic rings. The summed E-state index contributed by atoms with van der Waals surface area (Å²) in [5.74, 6) is -1.01. The molecule has 5 nitrogen and oxygen atoms in total. The molecule has 1 saturated heterocycles. The number of pyridine rings is 1. The molecule has 0 aliphatic carbocycles. The average Bonchev–Trinajstić information content (AvgIpc) is 2.33. The third-order valence-corrected chi connectivity index (χ3v) is 2.40. The van der Waals surface area contributed by atoms with Crippen molar-refractivity contribution in [2.24, 2.45) is 0 Å². The summed E-state index contributed by atoms with van der Waals surface area (Å²) < 4.78 is 16.0. The van der Waals surface area contributed by atoms with Crippen LogP contribution in [-0.2, 0) is 14.2 Å². The summed E-state index contributed by atoms with van der Waals surface area (Å²) in [5, 5.41) is 0. The van der Waals surface area contributed by atoms with Gasteiger partial charge >= 0.3 is 5.97 Å². The zero-order valence-corrected chi connectivity index (χ0v) is 9.88. The summed E-state index contributed by atoms with van der Waals surface area (Å²) in [5.41, 5.74) is 0.428. The van der Waals surface area contributed by atoms with Crippen LogP contribution in [0.3, 0.4) is 0 Å². The number of carbonyl (C=O) groups excluding carboxylic acids is 1. The SMILES string of the molecule is CC1(C)OCC(OC(=O)c2cccnc2)CO1. The lowest BCUT2D eigenvalue weighted by atomic mass is 10.2. The molecule has 2 rings (SSSR count). The van der Waals surface area contributed by atoms with Gasteiger partial charge in [-0.1, -0.05) is 0 Å². The fourth-order valence-electron chi connectivity index (χ4n) is 1.45. The fraction of sp³-hybridized carbons (Fsp3) is 0.500. The lowest BCUT2D eigenvalue weighted by Crippen LogP contribution is -2.43. The minimum atomic E-state index is -0.600. The van der Waals surface area contributed by atoms with E-state index in [1.807, 2.05) is 13.8 Å². The smallest absolute Gasteiger partial charge is 0.340 e. The van der Waals surface area contributed by atoms with E-state index >= 15 is 0 Å². The van der Waals surface area contributed by atoms with E-state index in [2.05, 4.69) is 4.98 Å². The monoisotopic (exact) mass is 237 g/mol. The van der Waals surface area contributed by atoms with Gasteiger partial charge in [0.25, 0.3) is 0 Å². The van der Waals surface area contributed by atoms with Gasteiger partial charge in [-0.3, -0.25) is 4.98 Å². The topological polar surface area (TPSA) is 57.7 Å². The van der Waals surface area contributed by atoms with Crippen LogP contribution in [0, 0.1) is 0 Å². The third kappa shape index (κ3) is 3.25. The summed E-state index contributed by atoms with van der Waals surface area (Å²) >= 11 is 0. The highest BCUT2D eigenvalue weighted by molar-refractivity contribution is 5.89. The number of aromatic nitrogens is 1. The van der Waals surface area contributed by atoms with Gasteiger partial charge in [0.05, 0.1) is 18.8 Å². The molecule has 2 heterocycles. The molecule has 17 heavy (non-hydrogen) atoms. The van der Waals surface area contributed by atoms with Crippen molar-refractivity contribution >= 4 is 5.97 Å². The number of nitrogens with zero attached hydrogens (tertiary/aromatic N) is 1. The van der Waals surface area contributed by atoms with Crippen LogP contribution in [-0.4, -0.2) is 36.1 Å². The van der Waals surface area contributed by atoms with E-state index < -0.39 is 11.8 Å². The molecule has 92 valence electrons. The largest absolute Gasteiger partial charge is 0.454 e. The molecule has 0 radical (unpaired) electrons. The molecular formula is C12H15NO4. The lowest BCUT2D eigenvalue weighted by Gasteiger charge is -2.34. The first kappa shape index (κ1) is 12.0. The Morgan fingerprint density at radius 2 is 2.18 bits per heavy atom. The second kappa shape index (κ2) is 4.81. The molecule has 0 atom stereocenters. The first-order chi connectivity index (χ1) is 8.07. The summed E-state index contributed by atoms with van der Waals surface area (Å²) in [7, 11) is 0. The normalized spacial score (nSPS) is 19.9. The van der Waals surface area contributed by atoms with Crippen molar-refractivity contribution in [1.29, 1.82) is 0 Å². The number of hydrogen-bond donors (Lipinski definition) is 0. The zero-order valence-electron chi connectivity index (χ0n) is 9.88. The van der Waals surface area contributed by atoms with Crippen LogP contribution in [0.5, 0.6) is 0 Å². The highest BCUT2D eigenvalue weighted by atomic mass is 16.7. The first-order valence-electron chi connectivity index (χ1n) is 5.46. The Kier molecular flexibility index (Phi) is 3.40. The van der Waals surface area contributed by atoms with Gasteiger partial charge in [0.15, 0.2) is 5.79 Å². The van der Waals surface area contributed by atoms with Crippen molar-refractivity contribution in [1.82, 2.24) is 4.98 Å². The van der Waals surface area contributed by atoms with Crippen LogP contribution in [0.4, 0.5) is 0 Å². The molecule has 0 aromatic carbocycles. The van der Waals surface area contributed by atoms with Crippen LogP contribution < -0.4 is 0 Å². The van der Waals surface area contributed by atoms with Crippen LogP contribution in [0.25, 0.3) is 0 Å². The van der Waals surface area contributed by atoms with E-state index in [-0.39, 0.29) is 6.10 Å². The maximum atomic E-state index is 11.7. The zero-order chi connectivity index (χ0) is 12.3. The Labute approximate surface area is 99.7 Å². The molecule has 1 aliphatic heterocycles.